The smallest absolute Gasteiger partial charge is 0.229 e. The van der Waals surface area contributed by atoms with E-state index in [2.05, 4.69) is 20.2 Å². The van der Waals surface area contributed by atoms with Crippen LogP contribution in [0, 0.1) is 5.92 Å². The fourth-order valence-corrected chi connectivity index (χ4v) is 3.55. The van der Waals surface area contributed by atoms with Crippen molar-refractivity contribution in [1.29, 1.82) is 0 Å². The van der Waals surface area contributed by atoms with Crippen molar-refractivity contribution in [3.05, 3.63) is 34.4 Å². The number of nitrogens with two attached hydrogens (primary N) is 1. The number of amides is 1. The van der Waals surface area contributed by atoms with Gasteiger partial charge in [0.2, 0.25) is 5.91 Å². The lowest BCUT2D eigenvalue weighted by Gasteiger charge is -2.31. The number of nitrogens with one attached hydrogen (secondary N) is 1. The minimum absolute atomic E-state index is 0.00772. The SMILES string of the molecule is Nc1ncc(CN2CCCC(C(=O)Nc3ccc(Cl)cn3)C2)s1. The molecule has 1 fully saturated rings. The lowest BCUT2D eigenvalue weighted by atomic mass is 9.97. The highest BCUT2D eigenvalue weighted by atomic mass is 35.5. The average Bonchev–Trinajstić information content (AvgIpc) is 2.95. The predicted molar refractivity (Wildman–Crippen MR) is 92.4 cm³/mol. The third-order valence-electron chi connectivity index (χ3n) is 3.81. The van der Waals surface area contributed by atoms with Crippen LogP contribution in [0.4, 0.5) is 10.9 Å². The van der Waals surface area contributed by atoms with E-state index in [9.17, 15) is 4.79 Å². The zero-order chi connectivity index (χ0) is 16.2. The highest BCUT2D eigenvalue weighted by Crippen LogP contribution is 2.23. The van der Waals surface area contributed by atoms with Crippen LogP contribution in [0.2, 0.25) is 5.02 Å². The highest BCUT2D eigenvalue weighted by Gasteiger charge is 2.26. The van der Waals surface area contributed by atoms with E-state index < -0.39 is 0 Å². The first-order valence-corrected chi connectivity index (χ1v) is 8.64. The molecule has 0 bridgehead atoms. The summed E-state index contributed by atoms with van der Waals surface area (Å²) in [5, 5.41) is 4.00. The van der Waals surface area contributed by atoms with E-state index in [-0.39, 0.29) is 11.8 Å². The predicted octanol–water partition coefficient (Wildman–Crippen LogP) is 2.62. The summed E-state index contributed by atoms with van der Waals surface area (Å²) >= 11 is 7.30. The maximum Gasteiger partial charge on any atom is 0.229 e. The van der Waals surface area contributed by atoms with Crippen molar-refractivity contribution in [1.82, 2.24) is 14.9 Å². The normalized spacial score (nSPS) is 18.7. The maximum atomic E-state index is 12.4. The number of likely N-dealkylation sites (tertiary alicyclic amines) is 1. The molecule has 6 nitrogen and oxygen atoms in total. The Balaban J connectivity index is 1.56. The quantitative estimate of drug-likeness (QED) is 0.884. The van der Waals surface area contributed by atoms with Crippen LogP contribution in [0.5, 0.6) is 0 Å². The van der Waals surface area contributed by atoms with Crippen LogP contribution < -0.4 is 11.1 Å². The fraction of sp³-hybridized carbons (Fsp3) is 0.400. The number of nitrogen functional groups attached to an aromatic ring is 1. The van der Waals surface area contributed by atoms with E-state index in [1.165, 1.54) is 17.5 Å². The van der Waals surface area contributed by atoms with Gasteiger partial charge in [0.25, 0.3) is 0 Å². The molecule has 1 aliphatic rings. The van der Waals surface area contributed by atoms with Gasteiger partial charge in [-0.15, -0.1) is 11.3 Å². The highest BCUT2D eigenvalue weighted by molar-refractivity contribution is 7.15. The van der Waals surface area contributed by atoms with Crippen molar-refractivity contribution in [2.45, 2.75) is 19.4 Å². The van der Waals surface area contributed by atoms with Gasteiger partial charge >= 0.3 is 0 Å². The first-order chi connectivity index (χ1) is 11.1. The second kappa shape index (κ2) is 7.25. The van der Waals surface area contributed by atoms with Gasteiger partial charge in [-0.3, -0.25) is 9.69 Å². The molecule has 2 aromatic rings. The number of piperidine rings is 1. The van der Waals surface area contributed by atoms with Crippen molar-refractivity contribution >= 4 is 39.8 Å². The lowest BCUT2D eigenvalue weighted by molar-refractivity contribution is -0.121. The van der Waals surface area contributed by atoms with Gasteiger partial charge in [-0.1, -0.05) is 11.6 Å². The summed E-state index contributed by atoms with van der Waals surface area (Å²) < 4.78 is 0. The van der Waals surface area contributed by atoms with E-state index in [0.29, 0.717) is 16.0 Å². The monoisotopic (exact) mass is 351 g/mol. The summed E-state index contributed by atoms with van der Waals surface area (Å²) in [6.45, 7) is 2.51. The molecule has 2 aromatic heterocycles. The van der Waals surface area contributed by atoms with Gasteiger partial charge in [0.05, 0.1) is 10.9 Å². The minimum Gasteiger partial charge on any atom is -0.375 e. The zero-order valence-electron chi connectivity index (χ0n) is 12.5. The van der Waals surface area contributed by atoms with Gasteiger partial charge in [0, 0.05) is 30.4 Å². The third-order valence-corrected chi connectivity index (χ3v) is 4.84. The zero-order valence-corrected chi connectivity index (χ0v) is 14.1. The molecule has 3 rings (SSSR count). The van der Waals surface area contributed by atoms with Crippen LogP contribution in [0.15, 0.2) is 24.5 Å². The molecule has 0 saturated carbocycles. The van der Waals surface area contributed by atoms with E-state index >= 15 is 0 Å². The molecule has 122 valence electrons. The molecule has 3 N–H and O–H groups in total. The van der Waals surface area contributed by atoms with E-state index in [4.69, 9.17) is 17.3 Å². The van der Waals surface area contributed by atoms with Crippen LogP contribution >= 0.6 is 22.9 Å². The third kappa shape index (κ3) is 4.40. The Kier molecular flexibility index (Phi) is 5.09. The molecule has 3 heterocycles. The van der Waals surface area contributed by atoms with Crippen LogP contribution in [0.3, 0.4) is 0 Å². The van der Waals surface area contributed by atoms with Gasteiger partial charge < -0.3 is 11.1 Å². The molecule has 0 aromatic carbocycles. The number of carbonyl (C=O) groups is 1. The van der Waals surface area contributed by atoms with E-state index in [1.54, 1.807) is 18.3 Å². The average molecular weight is 352 g/mol. The lowest BCUT2D eigenvalue weighted by Crippen LogP contribution is -2.40. The summed E-state index contributed by atoms with van der Waals surface area (Å²) in [4.78, 5) is 24.0. The molecule has 0 aliphatic carbocycles. The van der Waals surface area contributed by atoms with Crippen LogP contribution in [-0.2, 0) is 11.3 Å². The van der Waals surface area contributed by atoms with Crippen molar-refractivity contribution in [2.24, 2.45) is 5.92 Å². The Morgan fingerprint density at radius 1 is 1.43 bits per heavy atom. The van der Waals surface area contributed by atoms with Crippen molar-refractivity contribution in [2.75, 3.05) is 24.1 Å². The topological polar surface area (TPSA) is 84.1 Å². The van der Waals surface area contributed by atoms with Crippen LogP contribution in [-0.4, -0.2) is 33.9 Å². The number of rotatable bonds is 4. The molecular formula is C15H18ClN5OS. The summed E-state index contributed by atoms with van der Waals surface area (Å²) in [5.41, 5.74) is 5.66. The molecular weight excluding hydrogens is 334 g/mol. The summed E-state index contributed by atoms with van der Waals surface area (Å²) in [7, 11) is 0. The first-order valence-electron chi connectivity index (χ1n) is 7.45. The molecule has 1 atom stereocenters. The van der Waals surface area contributed by atoms with Crippen molar-refractivity contribution < 1.29 is 4.79 Å². The first kappa shape index (κ1) is 16.2. The number of hydrogen-bond acceptors (Lipinski definition) is 6. The molecule has 8 heteroatoms. The number of halogens is 1. The van der Waals surface area contributed by atoms with Gasteiger partial charge in [-0.05, 0) is 31.5 Å². The molecule has 0 radical (unpaired) electrons. The molecule has 1 unspecified atom stereocenters. The molecule has 1 aliphatic heterocycles. The summed E-state index contributed by atoms with van der Waals surface area (Å²) in [6, 6.07) is 3.42. The molecule has 1 amide bonds. The Morgan fingerprint density at radius 2 is 2.30 bits per heavy atom. The number of aromatic nitrogens is 2. The Bertz CT molecular complexity index is 675. The van der Waals surface area contributed by atoms with Crippen LogP contribution in [0.25, 0.3) is 0 Å². The number of hydrogen-bond donors (Lipinski definition) is 2. The minimum atomic E-state index is -0.0357. The molecule has 0 spiro atoms. The summed E-state index contributed by atoms with van der Waals surface area (Å²) in [5.74, 6) is 0.506. The number of anilines is 2. The van der Waals surface area contributed by atoms with Gasteiger partial charge in [0.15, 0.2) is 5.13 Å². The maximum absolute atomic E-state index is 12.4. The van der Waals surface area contributed by atoms with Crippen molar-refractivity contribution in [3.8, 4) is 0 Å². The van der Waals surface area contributed by atoms with Crippen LogP contribution in [0.1, 0.15) is 17.7 Å². The number of pyridine rings is 1. The number of thiazole rings is 1. The van der Waals surface area contributed by atoms with Gasteiger partial charge in [-0.25, -0.2) is 9.97 Å². The van der Waals surface area contributed by atoms with Crippen molar-refractivity contribution in [3.63, 3.8) is 0 Å². The Morgan fingerprint density at radius 3 is 3.00 bits per heavy atom. The number of nitrogens with zero attached hydrogens (tertiary/aromatic N) is 3. The second-order valence-corrected chi connectivity index (χ2v) is 7.17. The molecule has 23 heavy (non-hydrogen) atoms. The van der Waals surface area contributed by atoms with Gasteiger partial charge in [0.1, 0.15) is 5.82 Å². The Hall–Kier alpha value is -1.70. The second-order valence-electron chi connectivity index (χ2n) is 5.59. The summed E-state index contributed by atoms with van der Waals surface area (Å²) in [6.07, 6.45) is 5.22. The Labute approximate surface area is 143 Å². The standard InChI is InChI=1S/C15H18ClN5OS/c16-11-3-4-13(18-6-11)20-14(22)10-2-1-5-21(8-10)9-12-7-19-15(17)23-12/h3-4,6-7,10H,1-2,5,8-9H2,(H2,17,19)(H,18,20,22). The fourth-order valence-electron chi connectivity index (χ4n) is 2.71. The van der Waals surface area contributed by atoms with E-state index in [1.807, 2.05) is 0 Å². The number of carbonyl (C=O) groups excluding carboxylic acids is 1. The van der Waals surface area contributed by atoms with Gasteiger partial charge in [-0.2, -0.15) is 0 Å². The van der Waals surface area contributed by atoms with E-state index in [0.717, 1.165) is 37.4 Å². The largest absolute Gasteiger partial charge is 0.375 e. The molecule has 1 saturated heterocycles.